The minimum atomic E-state index is -5.35. The first-order valence-corrected chi connectivity index (χ1v) is 8.44. The van der Waals surface area contributed by atoms with Gasteiger partial charge in [-0.05, 0) is 30.7 Å². The van der Waals surface area contributed by atoms with Crippen LogP contribution in [0.3, 0.4) is 0 Å². The zero-order chi connectivity index (χ0) is 21.5. The third kappa shape index (κ3) is 5.59. The number of rotatable bonds is 7. The van der Waals surface area contributed by atoms with Gasteiger partial charge < -0.3 is 14.8 Å². The van der Waals surface area contributed by atoms with E-state index < -0.39 is 35.4 Å². The molecule has 0 unspecified atom stereocenters. The smallest absolute Gasteiger partial charge is 0.442 e. The van der Waals surface area contributed by atoms with Gasteiger partial charge in [0.05, 0.1) is 6.61 Å². The van der Waals surface area contributed by atoms with E-state index in [2.05, 4.69) is 4.74 Å². The third-order valence-electron chi connectivity index (χ3n) is 3.67. The van der Waals surface area contributed by atoms with E-state index in [0.717, 1.165) is 24.3 Å². The molecule has 0 aliphatic carbocycles. The molecule has 156 valence electrons. The van der Waals surface area contributed by atoms with Crippen molar-refractivity contribution in [1.29, 1.82) is 0 Å². The Hall–Kier alpha value is -3.30. The molecule has 0 saturated carbocycles. The maximum absolute atomic E-state index is 13.9. The number of alkyl carbamates (subject to hydrolysis) is 1. The molecule has 2 aromatic rings. The minimum absolute atomic E-state index is 0.330. The molecule has 0 aromatic heterocycles. The van der Waals surface area contributed by atoms with Crippen molar-refractivity contribution < 1.29 is 36.6 Å². The number of carbonyl (C=O) groups is 2. The number of nitrogens with one attached hydrogen (secondary N) is 2. The summed E-state index contributed by atoms with van der Waals surface area (Å²) in [6.45, 7) is 0.584. The third-order valence-corrected chi connectivity index (χ3v) is 3.67. The Bertz CT molecular complexity index is 846. The summed E-state index contributed by atoms with van der Waals surface area (Å²) in [5.41, 5.74) is -3.57. The SMILES string of the molecule is CCOC(=O)[C@@](NC(=O)OCc1ccccc1)(Nc1cccc(F)c1)C(F)(F)F. The first-order chi connectivity index (χ1) is 13.7. The van der Waals surface area contributed by atoms with Crippen LogP contribution in [0.15, 0.2) is 54.6 Å². The van der Waals surface area contributed by atoms with Crippen molar-refractivity contribution in [1.82, 2.24) is 5.32 Å². The van der Waals surface area contributed by atoms with E-state index in [4.69, 9.17) is 4.74 Å². The van der Waals surface area contributed by atoms with Gasteiger partial charge in [0.25, 0.3) is 0 Å². The van der Waals surface area contributed by atoms with Crippen LogP contribution in [0, 0.1) is 5.82 Å². The number of ether oxygens (including phenoxy) is 2. The Labute approximate surface area is 163 Å². The summed E-state index contributed by atoms with van der Waals surface area (Å²) in [7, 11) is 0. The van der Waals surface area contributed by atoms with Crippen molar-refractivity contribution in [2.45, 2.75) is 25.4 Å². The molecule has 0 aliphatic rings. The number of amides is 1. The number of hydrogen-bond donors (Lipinski definition) is 2. The van der Waals surface area contributed by atoms with E-state index in [9.17, 15) is 27.2 Å². The average molecular weight is 414 g/mol. The van der Waals surface area contributed by atoms with E-state index in [1.807, 2.05) is 5.32 Å². The van der Waals surface area contributed by atoms with E-state index in [-0.39, 0.29) is 13.2 Å². The lowest BCUT2D eigenvalue weighted by molar-refractivity contribution is -0.205. The van der Waals surface area contributed by atoms with Crippen molar-refractivity contribution in [3.05, 3.63) is 66.0 Å². The highest BCUT2D eigenvalue weighted by molar-refractivity contribution is 5.89. The molecule has 2 rings (SSSR count). The van der Waals surface area contributed by atoms with Crippen LogP contribution < -0.4 is 10.6 Å². The molecule has 0 saturated heterocycles. The highest BCUT2D eigenvalue weighted by Gasteiger charge is 2.64. The molecule has 0 aliphatic heterocycles. The minimum Gasteiger partial charge on any atom is -0.463 e. The topological polar surface area (TPSA) is 76.7 Å². The van der Waals surface area contributed by atoms with Gasteiger partial charge in [0, 0.05) is 5.69 Å². The van der Waals surface area contributed by atoms with Crippen LogP contribution in [0.4, 0.5) is 28.0 Å². The van der Waals surface area contributed by atoms with E-state index >= 15 is 0 Å². The molecule has 29 heavy (non-hydrogen) atoms. The molecule has 1 amide bonds. The Kier molecular flexibility index (Phi) is 7.03. The molecule has 0 radical (unpaired) electrons. The number of carbonyl (C=O) groups excluding carboxylic acids is 2. The summed E-state index contributed by atoms with van der Waals surface area (Å²) in [5.74, 6) is -2.67. The average Bonchev–Trinajstić information content (AvgIpc) is 2.66. The molecule has 0 spiro atoms. The van der Waals surface area contributed by atoms with Crippen LogP contribution in [0.2, 0.25) is 0 Å². The quantitative estimate of drug-likeness (QED) is 0.407. The van der Waals surface area contributed by atoms with Crippen molar-refractivity contribution in [2.24, 2.45) is 0 Å². The van der Waals surface area contributed by atoms with Crippen molar-refractivity contribution >= 4 is 17.7 Å². The van der Waals surface area contributed by atoms with Gasteiger partial charge in [-0.3, -0.25) is 5.32 Å². The summed E-state index contributed by atoms with van der Waals surface area (Å²) in [6, 6.07) is 12.2. The van der Waals surface area contributed by atoms with Crippen molar-refractivity contribution in [2.75, 3.05) is 11.9 Å². The molecular formula is C19H18F4N2O4. The predicted octanol–water partition coefficient (Wildman–Crippen LogP) is 3.99. The Morgan fingerprint density at radius 2 is 1.69 bits per heavy atom. The molecule has 1 atom stereocenters. The number of benzene rings is 2. The normalized spacial score (nSPS) is 13.1. The zero-order valence-corrected chi connectivity index (χ0v) is 15.3. The van der Waals surface area contributed by atoms with Gasteiger partial charge in [-0.15, -0.1) is 0 Å². The van der Waals surface area contributed by atoms with Crippen molar-refractivity contribution in [3.63, 3.8) is 0 Å². The fourth-order valence-electron chi connectivity index (χ4n) is 2.33. The molecule has 2 N–H and O–H groups in total. The maximum atomic E-state index is 13.9. The second kappa shape index (κ2) is 9.26. The first kappa shape index (κ1) is 22.0. The van der Waals surface area contributed by atoms with Gasteiger partial charge >= 0.3 is 23.9 Å². The number of anilines is 1. The molecule has 0 bridgehead atoms. The second-order valence-corrected chi connectivity index (χ2v) is 5.79. The van der Waals surface area contributed by atoms with Gasteiger partial charge in [-0.1, -0.05) is 36.4 Å². The number of esters is 1. The lowest BCUT2D eigenvalue weighted by Crippen LogP contribution is -2.69. The summed E-state index contributed by atoms with van der Waals surface area (Å²) in [5, 5.41) is 3.33. The number of hydrogen-bond acceptors (Lipinski definition) is 5. The first-order valence-electron chi connectivity index (χ1n) is 8.44. The van der Waals surface area contributed by atoms with Gasteiger partial charge in [0.2, 0.25) is 0 Å². The zero-order valence-electron chi connectivity index (χ0n) is 15.3. The van der Waals surface area contributed by atoms with Gasteiger partial charge in [-0.2, -0.15) is 13.2 Å². The van der Waals surface area contributed by atoms with Crippen LogP contribution in [0.25, 0.3) is 0 Å². The molecule has 2 aromatic carbocycles. The summed E-state index contributed by atoms with van der Waals surface area (Å²) >= 11 is 0. The van der Waals surface area contributed by atoms with Crippen LogP contribution in [-0.4, -0.2) is 30.5 Å². The number of halogens is 4. The fraction of sp³-hybridized carbons (Fsp3) is 0.263. The maximum Gasteiger partial charge on any atom is 0.442 e. The predicted molar refractivity (Wildman–Crippen MR) is 95.2 cm³/mol. The highest BCUT2D eigenvalue weighted by atomic mass is 19.4. The van der Waals surface area contributed by atoms with Gasteiger partial charge in [0.15, 0.2) is 0 Å². The Morgan fingerprint density at radius 1 is 1.00 bits per heavy atom. The van der Waals surface area contributed by atoms with Gasteiger partial charge in [-0.25, -0.2) is 14.0 Å². The molecule has 6 nitrogen and oxygen atoms in total. The Balaban J connectivity index is 2.31. The van der Waals surface area contributed by atoms with E-state index in [1.54, 1.807) is 30.3 Å². The molecule has 0 heterocycles. The monoisotopic (exact) mass is 414 g/mol. The molecule has 0 fully saturated rings. The van der Waals surface area contributed by atoms with Crippen LogP contribution in [0.5, 0.6) is 0 Å². The second-order valence-electron chi connectivity index (χ2n) is 5.79. The van der Waals surface area contributed by atoms with Crippen LogP contribution >= 0.6 is 0 Å². The van der Waals surface area contributed by atoms with E-state index in [1.165, 1.54) is 12.2 Å². The van der Waals surface area contributed by atoms with Gasteiger partial charge in [0.1, 0.15) is 12.4 Å². The van der Waals surface area contributed by atoms with Crippen LogP contribution in [0.1, 0.15) is 12.5 Å². The molecular weight excluding hydrogens is 396 g/mol. The van der Waals surface area contributed by atoms with Crippen molar-refractivity contribution in [3.8, 4) is 0 Å². The van der Waals surface area contributed by atoms with Crippen LogP contribution in [-0.2, 0) is 20.9 Å². The summed E-state index contributed by atoms with van der Waals surface area (Å²) in [6.07, 6.45) is -6.87. The lowest BCUT2D eigenvalue weighted by atomic mass is 10.1. The summed E-state index contributed by atoms with van der Waals surface area (Å²) in [4.78, 5) is 24.3. The highest BCUT2D eigenvalue weighted by Crippen LogP contribution is 2.33. The molecule has 10 heteroatoms. The standard InChI is InChI=1S/C19H18F4N2O4/c1-2-28-16(26)18(19(21,22)23,24-15-10-6-9-14(20)11-15)25-17(27)29-12-13-7-4-3-5-8-13/h3-11,24H,2,12H2,1H3,(H,25,27)/t18-/m0/s1. The lowest BCUT2D eigenvalue weighted by Gasteiger charge is -2.34. The number of alkyl halides is 3. The summed E-state index contributed by atoms with van der Waals surface area (Å²) < 4.78 is 64.5. The van der Waals surface area contributed by atoms with E-state index in [0.29, 0.717) is 5.56 Å². The Morgan fingerprint density at radius 3 is 2.28 bits per heavy atom. The fourth-order valence-corrected chi connectivity index (χ4v) is 2.33. The largest absolute Gasteiger partial charge is 0.463 e.